The van der Waals surface area contributed by atoms with Crippen LogP contribution >= 0.6 is 11.8 Å². The molecular weight excluding hydrogens is 781 g/mol. The van der Waals surface area contributed by atoms with Crippen molar-refractivity contribution in [1.82, 2.24) is 31.1 Å². The zero-order valence-electron chi connectivity index (χ0n) is 36.0. The Morgan fingerprint density at radius 3 is 2.14 bits per heavy atom. The van der Waals surface area contributed by atoms with E-state index >= 15 is 0 Å². The number of likely N-dealkylation sites (N-methyl/N-ethyl adjacent to an activating group) is 2. The molecule has 5 atom stereocenters. The Hall–Kier alpha value is -4.77. The van der Waals surface area contributed by atoms with Crippen LogP contribution in [0.4, 0.5) is 0 Å². The summed E-state index contributed by atoms with van der Waals surface area (Å²) in [6.07, 6.45) is 1.28. The zero-order valence-corrected chi connectivity index (χ0v) is 36.9. The SMILES string of the molecule is CN[C@H](C(=O)N[C@H](C(=O)N(C)[C@H](/C=C(\C)C(=O)N[C@H](CCC(=O)NCCCN1C(=O)CC(SCCC(=O)O)C1=O)C(=O)O)C(C)C)C(C)(C)C)C(C)(C)c1ccccc1. The highest BCUT2D eigenvalue weighted by Gasteiger charge is 2.42. The number of hydrogen-bond acceptors (Lipinski definition) is 10. The first-order valence-corrected chi connectivity index (χ1v) is 20.9. The van der Waals surface area contributed by atoms with Crippen LogP contribution in [0.1, 0.15) is 93.1 Å². The molecule has 1 saturated heterocycles. The summed E-state index contributed by atoms with van der Waals surface area (Å²) in [5, 5.41) is 29.3. The molecule has 328 valence electrons. The summed E-state index contributed by atoms with van der Waals surface area (Å²) >= 11 is 1.13. The minimum atomic E-state index is -1.40. The van der Waals surface area contributed by atoms with E-state index in [4.69, 9.17) is 5.11 Å². The van der Waals surface area contributed by atoms with Gasteiger partial charge in [0.25, 0.3) is 0 Å². The van der Waals surface area contributed by atoms with Crippen molar-refractivity contribution in [2.45, 2.75) is 122 Å². The van der Waals surface area contributed by atoms with Crippen LogP contribution in [0.25, 0.3) is 0 Å². The molecule has 6 amide bonds. The molecule has 0 radical (unpaired) electrons. The lowest BCUT2D eigenvalue weighted by molar-refractivity contribution is -0.141. The number of hydrogen-bond donors (Lipinski definition) is 6. The lowest BCUT2D eigenvalue weighted by Gasteiger charge is -2.40. The second-order valence-corrected chi connectivity index (χ2v) is 18.2. The second kappa shape index (κ2) is 22.6. The van der Waals surface area contributed by atoms with Gasteiger partial charge in [-0.3, -0.25) is 38.5 Å². The normalized spacial score (nSPS) is 16.9. The summed E-state index contributed by atoms with van der Waals surface area (Å²) in [4.78, 5) is 104. The third-order valence-corrected chi connectivity index (χ3v) is 11.6. The molecule has 17 heteroatoms. The number of carboxylic acids is 2. The maximum Gasteiger partial charge on any atom is 0.326 e. The van der Waals surface area contributed by atoms with Crippen molar-refractivity contribution >= 4 is 59.1 Å². The molecule has 16 nitrogen and oxygen atoms in total. The lowest BCUT2D eigenvalue weighted by Crippen LogP contribution is -2.61. The van der Waals surface area contributed by atoms with Gasteiger partial charge in [0.2, 0.25) is 35.4 Å². The Morgan fingerprint density at radius 1 is 0.966 bits per heavy atom. The van der Waals surface area contributed by atoms with Gasteiger partial charge in [-0.05, 0) is 43.7 Å². The van der Waals surface area contributed by atoms with Gasteiger partial charge in [-0.1, -0.05) is 84.9 Å². The number of carbonyl (C=O) groups is 8. The highest BCUT2D eigenvalue weighted by molar-refractivity contribution is 8.00. The number of nitrogens with zero attached hydrogens (tertiary/aromatic N) is 2. The Bertz CT molecular complexity index is 1710. The molecule has 6 N–H and O–H groups in total. The molecular formula is C42H64N6O10S. The number of carbonyl (C=O) groups excluding carboxylic acids is 6. The summed E-state index contributed by atoms with van der Waals surface area (Å²) in [6.45, 7) is 14.9. The van der Waals surface area contributed by atoms with Crippen molar-refractivity contribution in [3.63, 3.8) is 0 Å². The average Bonchev–Trinajstić information content (AvgIpc) is 3.42. The van der Waals surface area contributed by atoms with E-state index in [2.05, 4.69) is 21.3 Å². The molecule has 0 saturated carbocycles. The fraction of sp³-hybridized carbons (Fsp3) is 0.619. The fourth-order valence-corrected chi connectivity index (χ4v) is 7.93. The van der Waals surface area contributed by atoms with Crippen LogP contribution < -0.4 is 21.3 Å². The number of nitrogens with one attached hydrogen (secondary N) is 4. The third kappa shape index (κ3) is 14.8. The van der Waals surface area contributed by atoms with E-state index in [0.717, 1.165) is 22.2 Å². The van der Waals surface area contributed by atoms with E-state index in [-0.39, 0.29) is 86.1 Å². The van der Waals surface area contributed by atoms with Crippen molar-refractivity contribution in [2.24, 2.45) is 11.3 Å². The highest BCUT2D eigenvalue weighted by Crippen LogP contribution is 2.29. The summed E-state index contributed by atoms with van der Waals surface area (Å²) < 4.78 is 0. The predicted molar refractivity (Wildman–Crippen MR) is 225 cm³/mol. The van der Waals surface area contributed by atoms with Crippen LogP contribution in [-0.2, 0) is 43.8 Å². The van der Waals surface area contributed by atoms with Crippen LogP contribution in [0.15, 0.2) is 42.0 Å². The van der Waals surface area contributed by atoms with Gasteiger partial charge in [0.1, 0.15) is 12.1 Å². The number of rotatable bonds is 23. The van der Waals surface area contributed by atoms with E-state index < -0.39 is 64.0 Å². The summed E-state index contributed by atoms with van der Waals surface area (Å²) in [6, 6.07) is 5.99. The van der Waals surface area contributed by atoms with Crippen molar-refractivity contribution in [2.75, 3.05) is 32.9 Å². The van der Waals surface area contributed by atoms with Crippen molar-refractivity contribution in [3.05, 3.63) is 47.5 Å². The van der Waals surface area contributed by atoms with Crippen LogP contribution in [0.2, 0.25) is 0 Å². The summed E-state index contributed by atoms with van der Waals surface area (Å²) in [5.74, 6) is -4.95. The molecule has 1 aromatic carbocycles. The van der Waals surface area contributed by atoms with Crippen LogP contribution in [0.5, 0.6) is 0 Å². The van der Waals surface area contributed by atoms with E-state index in [9.17, 15) is 43.5 Å². The fourth-order valence-electron chi connectivity index (χ4n) is 6.83. The number of benzene rings is 1. The van der Waals surface area contributed by atoms with Gasteiger partial charge < -0.3 is 36.4 Å². The van der Waals surface area contributed by atoms with E-state index in [1.807, 2.05) is 78.8 Å². The van der Waals surface area contributed by atoms with E-state index in [1.54, 1.807) is 20.2 Å². The van der Waals surface area contributed by atoms with Crippen molar-refractivity contribution < 1.29 is 48.6 Å². The van der Waals surface area contributed by atoms with Gasteiger partial charge in [0.05, 0.1) is 23.8 Å². The number of aliphatic carboxylic acids is 2. The second-order valence-electron chi connectivity index (χ2n) is 16.8. The minimum Gasteiger partial charge on any atom is -0.481 e. The molecule has 0 aliphatic carbocycles. The smallest absolute Gasteiger partial charge is 0.326 e. The molecule has 0 spiro atoms. The minimum absolute atomic E-state index is 0.0110. The number of imide groups is 1. The average molecular weight is 845 g/mol. The molecule has 1 heterocycles. The van der Waals surface area contributed by atoms with Gasteiger partial charge in [-0.15, -0.1) is 11.8 Å². The highest BCUT2D eigenvalue weighted by atomic mass is 32.2. The molecule has 1 aliphatic heterocycles. The third-order valence-electron chi connectivity index (χ3n) is 10.4. The molecule has 1 aliphatic rings. The first-order chi connectivity index (χ1) is 27.4. The van der Waals surface area contributed by atoms with Crippen LogP contribution in [-0.4, -0.2) is 130 Å². The standard InChI is InChI=1S/C42H64N6O10S/c1-25(2)29(47(10)39(56)35(41(4,5)6)46-37(54)34(43-9)42(7,8)27-15-12-11-13-16-27)23-26(3)36(53)45-28(40(57)58)17-18-31(49)44-20-14-21-48-32(50)24-30(38(48)55)59-22-19-33(51)52/h11-13,15-16,23,25,28-30,34-35,43H,14,17-22,24H2,1-10H3,(H,44,49)(H,45,53)(H,46,54)(H,51,52)(H,57,58)/b26-23+/t28-,29-,30?,34-,35-/m1/s1. The van der Waals surface area contributed by atoms with Gasteiger partial charge in [0.15, 0.2) is 0 Å². The van der Waals surface area contributed by atoms with Gasteiger partial charge in [-0.2, -0.15) is 0 Å². The van der Waals surface area contributed by atoms with E-state index in [0.29, 0.717) is 0 Å². The molecule has 59 heavy (non-hydrogen) atoms. The monoisotopic (exact) mass is 844 g/mol. The summed E-state index contributed by atoms with van der Waals surface area (Å²) in [7, 11) is 3.30. The predicted octanol–water partition coefficient (Wildman–Crippen LogP) is 2.70. The van der Waals surface area contributed by atoms with Gasteiger partial charge in [-0.25, -0.2) is 4.79 Å². The number of likely N-dealkylation sites (tertiary alicyclic amines) is 1. The lowest BCUT2D eigenvalue weighted by atomic mass is 9.76. The van der Waals surface area contributed by atoms with Gasteiger partial charge >= 0.3 is 11.9 Å². The first-order valence-electron chi connectivity index (χ1n) is 19.9. The maximum atomic E-state index is 14.2. The molecule has 0 aromatic heterocycles. The Morgan fingerprint density at radius 2 is 1.59 bits per heavy atom. The van der Waals surface area contributed by atoms with Crippen LogP contribution in [0, 0.1) is 11.3 Å². The zero-order chi connectivity index (χ0) is 44.8. The molecule has 2 rings (SSSR count). The van der Waals surface area contributed by atoms with Crippen molar-refractivity contribution in [3.8, 4) is 0 Å². The number of carboxylic acid groups (broad SMARTS) is 2. The molecule has 0 bridgehead atoms. The molecule has 1 unspecified atom stereocenters. The molecule has 1 aromatic rings. The summed E-state index contributed by atoms with van der Waals surface area (Å²) in [5.41, 5.74) is -0.221. The maximum absolute atomic E-state index is 14.2. The largest absolute Gasteiger partial charge is 0.481 e. The number of thioether (sulfide) groups is 1. The molecule has 1 fully saturated rings. The first kappa shape index (κ1) is 50.4. The van der Waals surface area contributed by atoms with E-state index in [1.165, 1.54) is 11.8 Å². The Labute approximate surface area is 352 Å². The Balaban J connectivity index is 2.03. The quantitative estimate of drug-likeness (QED) is 0.0531. The topological polar surface area (TPSA) is 232 Å². The van der Waals surface area contributed by atoms with Crippen molar-refractivity contribution in [1.29, 1.82) is 0 Å². The van der Waals surface area contributed by atoms with Gasteiger partial charge in [0, 0.05) is 49.7 Å². The number of amides is 6. The Kier molecular flexibility index (Phi) is 19.3. The van der Waals surface area contributed by atoms with Crippen LogP contribution in [0.3, 0.4) is 0 Å².